The van der Waals surface area contributed by atoms with Gasteiger partial charge in [0.2, 0.25) is 17.5 Å². The molecule has 0 radical (unpaired) electrons. The van der Waals surface area contributed by atoms with Crippen LogP contribution in [0.5, 0.6) is 6.08 Å². The molecule has 0 spiro atoms. The van der Waals surface area contributed by atoms with Crippen LogP contribution < -0.4 is 10.1 Å². The van der Waals surface area contributed by atoms with Gasteiger partial charge in [-0.3, -0.25) is 14.1 Å². The van der Waals surface area contributed by atoms with E-state index in [1.54, 1.807) is 0 Å². The van der Waals surface area contributed by atoms with Crippen molar-refractivity contribution in [2.45, 2.75) is 77.7 Å². The van der Waals surface area contributed by atoms with Crippen molar-refractivity contribution in [2.24, 2.45) is 11.8 Å². The molecule has 1 N–H and O–H groups in total. The Morgan fingerprint density at radius 2 is 1.77 bits per heavy atom. The van der Waals surface area contributed by atoms with E-state index in [4.69, 9.17) is 9.26 Å². The van der Waals surface area contributed by atoms with E-state index in [0.29, 0.717) is 19.6 Å². The Balaban J connectivity index is 2.00. The van der Waals surface area contributed by atoms with Crippen LogP contribution in [0.4, 0.5) is 0 Å². The number of nitrogens with one attached hydrogen (secondary N) is 1. The standard InChI is InChI=1S/C22H38N4O4/c1-16(2)15-18(23-21(28)17-11-9-7-5-6-8-10-12-17)19(27)20-24-22(30-25-20)29-14-13-26(3)4/h16-18H,5-15H2,1-4H3,(H,23,28). The second-order valence-electron chi connectivity index (χ2n) is 8.99. The Labute approximate surface area is 180 Å². The van der Waals surface area contributed by atoms with Crippen LogP contribution in [-0.4, -0.2) is 60.0 Å². The third-order valence-electron chi connectivity index (χ3n) is 5.46. The van der Waals surface area contributed by atoms with Gasteiger partial charge in [0, 0.05) is 12.5 Å². The maximum atomic E-state index is 13.0. The predicted octanol–water partition coefficient (Wildman–Crippen LogP) is 3.47. The van der Waals surface area contributed by atoms with Crippen molar-refractivity contribution in [3.8, 4) is 6.08 Å². The number of hydrogen-bond acceptors (Lipinski definition) is 7. The molecule has 1 fully saturated rings. The van der Waals surface area contributed by atoms with Crippen LogP contribution in [-0.2, 0) is 4.79 Å². The zero-order valence-electron chi connectivity index (χ0n) is 19.0. The van der Waals surface area contributed by atoms with Gasteiger partial charge in [-0.15, -0.1) is 4.98 Å². The molecule has 170 valence electrons. The zero-order valence-corrected chi connectivity index (χ0v) is 19.0. The lowest BCUT2D eigenvalue weighted by Gasteiger charge is -2.22. The third-order valence-corrected chi connectivity index (χ3v) is 5.46. The first-order valence-corrected chi connectivity index (χ1v) is 11.3. The van der Waals surface area contributed by atoms with Gasteiger partial charge in [0.15, 0.2) is 0 Å². The minimum atomic E-state index is -0.655. The van der Waals surface area contributed by atoms with Crippen molar-refractivity contribution < 1.29 is 18.8 Å². The fraction of sp³-hybridized carbons (Fsp3) is 0.818. The van der Waals surface area contributed by atoms with E-state index in [1.165, 1.54) is 25.7 Å². The molecule has 0 saturated heterocycles. The first-order chi connectivity index (χ1) is 14.4. The average Bonchev–Trinajstić information content (AvgIpc) is 3.19. The number of carbonyl (C=O) groups excluding carboxylic acids is 2. The number of ketones is 1. The summed E-state index contributed by atoms with van der Waals surface area (Å²) in [6.45, 7) is 5.13. The summed E-state index contributed by atoms with van der Waals surface area (Å²) < 4.78 is 10.5. The molecule has 0 bridgehead atoms. The molecule has 30 heavy (non-hydrogen) atoms. The Morgan fingerprint density at radius 3 is 2.37 bits per heavy atom. The molecule has 1 saturated carbocycles. The number of rotatable bonds is 10. The first-order valence-electron chi connectivity index (χ1n) is 11.3. The highest BCUT2D eigenvalue weighted by molar-refractivity contribution is 5.99. The molecule has 0 aliphatic heterocycles. The summed E-state index contributed by atoms with van der Waals surface area (Å²) in [6, 6.07) is -0.655. The summed E-state index contributed by atoms with van der Waals surface area (Å²) in [6.07, 6.45) is 9.28. The SMILES string of the molecule is CC(C)CC(NC(=O)C1CCCCCCCC1)C(=O)c1noc(OCCN(C)C)n1. The fourth-order valence-corrected chi connectivity index (χ4v) is 3.73. The smallest absolute Gasteiger partial charge is 0.417 e. The Bertz CT molecular complexity index is 649. The molecule has 8 heteroatoms. The number of hydrogen-bond donors (Lipinski definition) is 1. The van der Waals surface area contributed by atoms with Crippen LogP contribution in [0.3, 0.4) is 0 Å². The monoisotopic (exact) mass is 422 g/mol. The van der Waals surface area contributed by atoms with Gasteiger partial charge in [0.25, 0.3) is 0 Å². The maximum absolute atomic E-state index is 13.0. The topological polar surface area (TPSA) is 97.6 Å². The van der Waals surface area contributed by atoms with E-state index in [0.717, 1.165) is 25.7 Å². The van der Waals surface area contributed by atoms with Crippen LogP contribution in [0.25, 0.3) is 0 Å². The fourth-order valence-electron chi connectivity index (χ4n) is 3.73. The molecule has 1 aromatic rings. The Hall–Kier alpha value is -1.96. The number of ether oxygens (including phenoxy) is 1. The molecular weight excluding hydrogens is 384 g/mol. The molecule has 1 amide bonds. The highest BCUT2D eigenvalue weighted by Crippen LogP contribution is 2.23. The quantitative estimate of drug-likeness (QED) is 0.577. The van der Waals surface area contributed by atoms with Crippen molar-refractivity contribution in [3.63, 3.8) is 0 Å². The highest BCUT2D eigenvalue weighted by Gasteiger charge is 2.30. The van der Waals surface area contributed by atoms with Crippen molar-refractivity contribution >= 4 is 11.7 Å². The lowest BCUT2D eigenvalue weighted by atomic mass is 9.94. The van der Waals surface area contributed by atoms with E-state index in [9.17, 15) is 9.59 Å². The third kappa shape index (κ3) is 8.42. The van der Waals surface area contributed by atoms with Crippen molar-refractivity contribution in [1.82, 2.24) is 20.4 Å². The van der Waals surface area contributed by atoms with Gasteiger partial charge in [0.05, 0.1) is 6.04 Å². The van der Waals surface area contributed by atoms with Gasteiger partial charge in [-0.05, 0) is 44.4 Å². The molecule has 1 atom stereocenters. The van der Waals surface area contributed by atoms with E-state index >= 15 is 0 Å². The molecule has 1 aliphatic rings. The molecule has 0 aromatic carbocycles. The highest BCUT2D eigenvalue weighted by atomic mass is 16.6. The molecule has 2 rings (SSSR count). The van der Waals surface area contributed by atoms with Gasteiger partial charge in [0.1, 0.15) is 6.61 Å². The van der Waals surface area contributed by atoms with E-state index < -0.39 is 6.04 Å². The van der Waals surface area contributed by atoms with Crippen molar-refractivity contribution in [2.75, 3.05) is 27.2 Å². The molecule has 8 nitrogen and oxygen atoms in total. The lowest BCUT2D eigenvalue weighted by Crippen LogP contribution is -2.44. The molecule has 1 aliphatic carbocycles. The van der Waals surface area contributed by atoms with Gasteiger partial charge in [-0.2, -0.15) is 0 Å². The number of Topliss-reactive ketones (excluding diaryl/α,β-unsaturated/α-hetero) is 1. The summed E-state index contributed by atoms with van der Waals surface area (Å²) >= 11 is 0. The second kappa shape index (κ2) is 12.7. The van der Waals surface area contributed by atoms with Crippen LogP contribution in [0, 0.1) is 11.8 Å². The largest absolute Gasteiger partial charge is 0.447 e. The van der Waals surface area contributed by atoms with Crippen molar-refractivity contribution in [3.05, 3.63) is 5.82 Å². The summed E-state index contributed by atoms with van der Waals surface area (Å²) in [7, 11) is 3.87. The molecular formula is C22H38N4O4. The summed E-state index contributed by atoms with van der Waals surface area (Å²) in [5, 5.41) is 6.77. The first kappa shape index (κ1) is 24.3. The summed E-state index contributed by atoms with van der Waals surface area (Å²) in [4.78, 5) is 32.0. The normalized spacial score (nSPS) is 17.3. The maximum Gasteiger partial charge on any atom is 0.417 e. The van der Waals surface area contributed by atoms with Crippen molar-refractivity contribution in [1.29, 1.82) is 0 Å². The average molecular weight is 423 g/mol. The van der Waals surface area contributed by atoms with Gasteiger partial charge in [-0.25, -0.2) is 0 Å². The number of amides is 1. The number of likely N-dealkylation sites (N-methyl/N-ethyl adjacent to an activating group) is 1. The second-order valence-corrected chi connectivity index (χ2v) is 8.99. The van der Waals surface area contributed by atoms with Gasteiger partial charge >= 0.3 is 6.08 Å². The van der Waals surface area contributed by atoms with E-state index in [2.05, 4.69) is 15.5 Å². The van der Waals surface area contributed by atoms with Crippen LogP contribution in [0.1, 0.15) is 82.3 Å². The number of carbonyl (C=O) groups is 2. The van der Waals surface area contributed by atoms with Crippen LogP contribution >= 0.6 is 0 Å². The number of nitrogens with zero attached hydrogens (tertiary/aromatic N) is 3. The molecule has 1 unspecified atom stereocenters. The van der Waals surface area contributed by atoms with Crippen LogP contribution in [0.2, 0.25) is 0 Å². The molecule has 1 aromatic heterocycles. The number of aromatic nitrogens is 2. The lowest BCUT2D eigenvalue weighted by molar-refractivity contribution is -0.126. The van der Waals surface area contributed by atoms with Crippen LogP contribution in [0.15, 0.2) is 4.52 Å². The minimum Gasteiger partial charge on any atom is -0.447 e. The van der Waals surface area contributed by atoms with Gasteiger partial charge < -0.3 is 15.0 Å². The Morgan fingerprint density at radius 1 is 1.13 bits per heavy atom. The summed E-state index contributed by atoms with van der Waals surface area (Å²) in [5.41, 5.74) is 0. The minimum absolute atomic E-state index is 0.0221. The predicted molar refractivity (Wildman–Crippen MR) is 114 cm³/mol. The van der Waals surface area contributed by atoms with E-state index in [1.807, 2.05) is 32.8 Å². The van der Waals surface area contributed by atoms with E-state index in [-0.39, 0.29) is 35.4 Å². The zero-order chi connectivity index (χ0) is 21.9. The summed E-state index contributed by atoms with van der Waals surface area (Å²) in [5.74, 6) is -0.188. The molecule has 1 heterocycles. The Kier molecular flexibility index (Phi) is 10.3. The van der Waals surface area contributed by atoms with Gasteiger partial charge in [-0.1, -0.05) is 52.4 Å².